The van der Waals surface area contributed by atoms with Crippen molar-refractivity contribution in [2.24, 2.45) is 0 Å². The molecule has 0 aliphatic carbocycles. The molecule has 0 saturated heterocycles. The number of hydrogen-bond donors (Lipinski definition) is 1. The van der Waals surface area contributed by atoms with Gasteiger partial charge in [-0.25, -0.2) is 4.98 Å². The Hall–Kier alpha value is -2.89. The van der Waals surface area contributed by atoms with E-state index in [1.807, 2.05) is 30.3 Å². The van der Waals surface area contributed by atoms with E-state index in [9.17, 15) is 9.59 Å². The van der Waals surface area contributed by atoms with E-state index >= 15 is 0 Å². The summed E-state index contributed by atoms with van der Waals surface area (Å²) in [5.74, 6) is -0.148. The fourth-order valence-electron chi connectivity index (χ4n) is 2.54. The maximum atomic E-state index is 12.8. The number of rotatable bonds is 5. The number of ether oxygens (including phenoxy) is 1. The summed E-state index contributed by atoms with van der Waals surface area (Å²) in [5, 5.41) is 8.79. The average molecular weight is 312 g/mol. The van der Waals surface area contributed by atoms with Gasteiger partial charge in [-0.1, -0.05) is 30.3 Å². The predicted molar refractivity (Wildman–Crippen MR) is 83.3 cm³/mol. The molecule has 0 fully saturated rings. The number of carbonyl (C=O) groups excluding carboxylic acids is 1. The Balaban J connectivity index is 1.90. The zero-order chi connectivity index (χ0) is 16.2. The van der Waals surface area contributed by atoms with Crippen molar-refractivity contribution in [3.05, 3.63) is 54.2 Å². The molecule has 6 heteroatoms. The van der Waals surface area contributed by atoms with Crippen LogP contribution in [-0.4, -0.2) is 28.5 Å². The minimum absolute atomic E-state index is 0.00279. The van der Waals surface area contributed by atoms with E-state index in [0.717, 1.165) is 5.56 Å². The van der Waals surface area contributed by atoms with E-state index in [-0.39, 0.29) is 12.3 Å². The van der Waals surface area contributed by atoms with Crippen molar-refractivity contribution in [3.8, 4) is 5.75 Å². The summed E-state index contributed by atoms with van der Waals surface area (Å²) >= 11 is 0. The monoisotopic (exact) mass is 312 g/mol. The average Bonchev–Trinajstić information content (AvgIpc) is 2.57. The first-order valence-electron chi connectivity index (χ1n) is 7.36. The Morgan fingerprint density at radius 1 is 1.22 bits per heavy atom. The molecule has 1 amide bonds. The third kappa shape index (κ3) is 3.15. The van der Waals surface area contributed by atoms with Crippen molar-refractivity contribution in [3.63, 3.8) is 0 Å². The van der Waals surface area contributed by atoms with E-state index in [1.54, 1.807) is 18.3 Å². The number of nitrogens with zero attached hydrogens (tertiary/aromatic N) is 2. The molecule has 23 heavy (non-hydrogen) atoms. The number of aliphatic carboxylic acids is 1. The largest absolute Gasteiger partial charge is 0.481 e. The summed E-state index contributed by atoms with van der Waals surface area (Å²) in [6, 6.07) is 12.7. The fraction of sp³-hybridized carbons (Fsp3) is 0.235. The molecule has 0 saturated carbocycles. The predicted octanol–water partition coefficient (Wildman–Crippen LogP) is 2.41. The van der Waals surface area contributed by atoms with Gasteiger partial charge in [-0.3, -0.25) is 14.5 Å². The summed E-state index contributed by atoms with van der Waals surface area (Å²) in [6.45, 7) is 0.293. The molecule has 1 unspecified atom stereocenters. The van der Waals surface area contributed by atoms with Crippen molar-refractivity contribution in [1.29, 1.82) is 0 Å². The number of hydrogen-bond acceptors (Lipinski definition) is 4. The van der Waals surface area contributed by atoms with Crippen molar-refractivity contribution < 1.29 is 19.4 Å². The van der Waals surface area contributed by atoms with E-state index in [1.165, 1.54) is 4.90 Å². The fourth-order valence-corrected chi connectivity index (χ4v) is 2.54. The van der Waals surface area contributed by atoms with E-state index in [4.69, 9.17) is 9.84 Å². The lowest BCUT2D eigenvalue weighted by Crippen LogP contribution is -2.42. The summed E-state index contributed by atoms with van der Waals surface area (Å²) in [4.78, 5) is 29.2. The molecule has 0 radical (unpaired) electrons. The van der Waals surface area contributed by atoms with Crippen molar-refractivity contribution in [2.75, 3.05) is 11.4 Å². The summed E-state index contributed by atoms with van der Waals surface area (Å²) < 4.78 is 5.82. The van der Waals surface area contributed by atoms with Crippen LogP contribution in [-0.2, 0) is 9.59 Å². The second-order valence-corrected chi connectivity index (χ2v) is 5.22. The topological polar surface area (TPSA) is 79.7 Å². The minimum Gasteiger partial charge on any atom is -0.481 e. The maximum absolute atomic E-state index is 12.8. The number of anilines is 1. The Labute approximate surface area is 133 Å². The lowest BCUT2D eigenvalue weighted by atomic mass is 10.1. The molecule has 3 rings (SSSR count). The standard InChI is InChI=1S/C17H16N2O4/c20-14(21)9-5-11-19-16-13(8-4-10-18-16)23-15(17(19)22)12-6-2-1-3-7-12/h1-4,6-8,10,15H,5,9,11H2,(H,20,21). The third-order valence-electron chi connectivity index (χ3n) is 3.62. The van der Waals surface area contributed by atoms with Crippen molar-refractivity contribution in [1.82, 2.24) is 4.98 Å². The lowest BCUT2D eigenvalue weighted by molar-refractivity contribution is -0.137. The van der Waals surface area contributed by atoms with Crippen LogP contribution in [0.25, 0.3) is 0 Å². The number of aromatic nitrogens is 1. The van der Waals surface area contributed by atoms with Gasteiger partial charge >= 0.3 is 5.97 Å². The quantitative estimate of drug-likeness (QED) is 0.917. The summed E-state index contributed by atoms with van der Waals surface area (Å²) in [7, 11) is 0. The van der Waals surface area contributed by atoms with Gasteiger partial charge in [-0.05, 0) is 18.6 Å². The van der Waals surface area contributed by atoms with E-state index < -0.39 is 12.1 Å². The van der Waals surface area contributed by atoms with E-state index in [0.29, 0.717) is 24.5 Å². The van der Waals surface area contributed by atoms with Crippen molar-refractivity contribution >= 4 is 17.7 Å². The van der Waals surface area contributed by atoms with Gasteiger partial charge in [-0.15, -0.1) is 0 Å². The van der Waals surface area contributed by atoms with Gasteiger partial charge in [-0.2, -0.15) is 0 Å². The molecule has 6 nitrogen and oxygen atoms in total. The zero-order valence-corrected chi connectivity index (χ0v) is 12.4. The van der Waals surface area contributed by atoms with Crippen LogP contribution in [0.1, 0.15) is 24.5 Å². The number of amides is 1. The van der Waals surface area contributed by atoms with Crippen LogP contribution in [0.15, 0.2) is 48.7 Å². The van der Waals surface area contributed by atoms with Crippen LogP contribution < -0.4 is 9.64 Å². The van der Waals surface area contributed by atoms with Crippen LogP contribution in [0.2, 0.25) is 0 Å². The van der Waals surface area contributed by atoms with Crippen molar-refractivity contribution in [2.45, 2.75) is 18.9 Å². The Kier molecular flexibility index (Phi) is 4.23. The molecule has 118 valence electrons. The zero-order valence-electron chi connectivity index (χ0n) is 12.4. The number of carbonyl (C=O) groups is 2. The Morgan fingerprint density at radius 3 is 2.74 bits per heavy atom. The first kappa shape index (κ1) is 15.0. The number of fused-ring (bicyclic) bond motifs is 1. The SMILES string of the molecule is O=C(O)CCCN1C(=O)C(c2ccccc2)Oc2cccnc21. The van der Waals surface area contributed by atoms with Gasteiger partial charge < -0.3 is 9.84 Å². The molecule has 1 N–H and O–H groups in total. The highest BCUT2D eigenvalue weighted by Gasteiger charge is 2.36. The lowest BCUT2D eigenvalue weighted by Gasteiger charge is -2.33. The summed E-state index contributed by atoms with van der Waals surface area (Å²) in [6.07, 6.45) is 1.21. The normalized spacial score (nSPS) is 16.6. The van der Waals surface area contributed by atoms with Gasteiger partial charge in [0.05, 0.1) is 0 Å². The number of benzene rings is 1. The smallest absolute Gasteiger partial charge is 0.303 e. The van der Waals surface area contributed by atoms with Gasteiger partial charge in [0.25, 0.3) is 5.91 Å². The molecule has 0 bridgehead atoms. The minimum atomic E-state index is -0.883. The maximum Gasteiger partial charge on any atom is 0.303 e. The number of carboxylic acid groups (broad SMARTS) is 1. The number of pyridine rings is 1. The second kappa shape index (κ2) is 6.48. The molecular formula is C17H16N2O4. The molecule has 1 aliphatic heterocycles. The first-order chi connectivity index (χ1) is 11.2. The van der Waals surface area contributed by atoms with Gasteiger partial charge in [0.1, 0.15) is 0 Å². The van der Waals surface area contributed by atoms with Crippen LogP contribution >= 0.6 is 0 Å². The Morgan fingerprint density at radius 2 is 2.00 bits per heavy atom. The first-order valence-corrected chi connectivity index (χ1v) is 7.36. The highest BCUT2D eigenvalue weighted by Crippen LogP contribution is 2.37. The van der Waals surface area contributed by atoms with Crippen LogP contribution in [0.4, 0.5) is 5.82 Å². The molecule has 2 aromatic rings. The second-order valence-electron chi connectivity index (χ2n) is 5.22. The molecule has 1 aliphatic rings. The van der Waals surface area contributed by atoms with Gasteiger partial charge in [0.15, 0.2) is 11.6 Å². The molecule has 2 heterocycles. The highest BCUT2D eigenvalue weighted by atomic mass is 16.5. The highest BCUT2D eigenvalue weighted by molar-refractivity contribution is 5.99. The van der Waals surface area contributed by atoms with Crippen LogP contribution in [0.3, 0.4) is 0 Å². The van der Waals surface area contributed by atoms with Crippen LogP contribution in [0, 0.1) is 0 Å². The number of carboxylic acids is 1. The van der Waals surface area contributed by atoms with Gasteiger partial charge in [0.2, 0.25) is 6.10 Å². The molecule has 1 aromatic heterocycles. The molecule has 1 aromatic carbocycles. The summed E-state index contributed by atoms with van der Waals surface area (Å²) in [5.41, 5.74) is 0.759. The molecule has 1 atom stereocenters. The van der Waals surface area contributed by atoms with Gasteiger partial charge in [0, 0.05) is 24.7 Å². The Bertz CT molecular complexity index is 718. The molecular weight excluding hydrogens is 296 g/mol. The molecule has 0 spiro atoms. The van der Waals surface area contributed by atoms with Crippen LogP contribution in [0.5, 0.6) is 5.75 Å². The van der Waals surface area contributed by atoms with E-state index in [2.05, 4.69) is 4.98 Å². The third-order valence-corrected chi connectivity index (χ3v) is 3.62.